The number of rotatable bonds is 3. The Morgan fingerprint density at radius 1 is 1.55 bits per heavy atom. The molecule has 0 N–H and O–H groups in total. The van der Waals surface area contributed by atoms with Crippen LogP contribution in [0.5, 0.6) is 0 Å². The molecule has 1 nitrogen and oxygen atoms in total. The van der Waals surface area contributed by atoms with Gasteiger partial charge >= 0.3 is 0 Å². The van der Waals surface area contributed by atoms with Gasteiger partial charge in [-0.15, -0.1) is 0 Å². The van der Waals surface area contributed by atoms with Gasteiger partial charge in [0.2, 0.25) is 0 Å². The van der Waals surface area contributed by atoms with Gasteiger partial charge in [-0.25, -0.2) is 24.5 Å². The van der Waals surface area contributed by atoms with E-state index in [1.807, 2.05) is 6.92 Å². The number of nitriles is 1. The van der Waals surface area contributed by atoms with Crippen LogP contribution in [0.4, 0.5) is 0 Å². The van der Waals surface area contributed by atoms with Crippen LogP contribution < -0.4 is 0 Å². The van der Waals surface area contributed by atoms with Gasteiger partial charge in [-0.3, -0.25) is 0 Å². The minimum absolute atomic E-state index is 0. The number of allylic oxidation sites excluding steroid dienone is 2. The molecular formula is C9H13NY-2. The first-order valence-electron chi connectivity index (χ1n) is 3.45. The average Bonchev–Trinajstić information content (AvgIpc) is 1.99. The maximum Gasteiger partial charge on any atom is 0.0480 e. The zero-order valence-electron chi connectivity index (χ0n) is 7.06. The summed E-state index contributed by atoms with van der Waals surface area (Å²) in [5.41, 5.74) is 2.15. The van der Waals surface area contributed by atoms with Crippen LogP contribution in [0, 0.1) is 25.2 Å². The Balaban J connectivity index is 0. The van der Waals surface area contributed by atoms with E-state index >= 15 is 0 Å². The van der Waals surface area contributed by atoms with Crippen LogP contribution in [0.25, 0.3) is 0 Å². The maximum absolute atomic E-state index is 8.37. The van der Waals surface area contributed by atoms with Crippen molar-refractivity contribution in [3.05, 3.63) is 25.0 Å². The zero-order valence-corrected chi connectivity index (χ0v) is 9.90. The summed E-state index contributed by atoms with van der Waals surface area (Å²) in [5, 5.41) is 8.37. The summed E-state index contributed by atoms with van der Waals surface area (Å²) in [6.07, 6.45) is 2.11. The second-order valence-electron chi connectivity index (χ2n) is 2.15. The Morgan fingerprint density at radius 2 is 2.09 bits per heavy atom. The molecule has 0 spiro atoms. The average molecular weight is 224 g/mol. The minimum atomic E-state index is 0. The molecule has 0 rings (SSSR count). The van der Waals surface area contributed by atoms with E-state index in [1.54, 1.807) is 0 Å². The molecule has 0 heterocycles. The second-order valence-corrected chi connectivity index (χ2v) is 2.15. The van der Waals surface area contributed by atoms with Crippen LogP contribution >= 0.6 is 0 Å². The van der Waals surface area contributed by atoms with Crippen molar-refractivity contribution in [1.29, 1.82) is 5.26 Å². The first-order chi connectivity index (χ1) is 4.76. The predicted molar refractivity (Wildman–Crippen MR) is 42.9 cm³/mol. The molecule has 0 aromatic carbocycles. The van der Waals surface area contributed by atoms with E-state index in [4.69, 9.17) is 5.26 Å². The molecule has 2 heteroatoms. The van der Waals surface area contributed by atoms with Gasteiger partial charge in [0.05, 0.1) is 0 Å². The number of hydrogen-bond acceptors (Lipinski definition) is 1. The van der Waals surface area contributed by atoms with Crippen molar-refractivity contribution in [2.24, 2.45) is 0 Å². The van der Waals surface area contributed by atoms with Gasteiger partial charge < -0.3 is 6.92 Å². The summed E-state index contributed by atoms with van der Waals surface area (Å²) in [6, 6.07) is 2.10. The van der Waals surface area contributed by atoms with Gasteiger partial charge in [0.1, 0.15) is 0 Å². The smallest absolute Gasteiger partial charge is 0.0480 e. The van der Waals surface area contributed by atoms with E-state index in [1.165, 1.54) is 0 Å². The molecule has 0 amide bonds. The van der Waals surface area contributed by atoms with Gasteiger partial charge in [-0.05, 0) is 6.42 Å². The van der Waals surface area contributed by atoms with Crippen LogP contribution in [0.15, 0.2) is 11.1 Å². The van der Waals surface area contributed by atoms with Gasteiger partial charge in [-0.2, -0.15) is 5.26 Å². The third kappa shape index (κ3) is 5.47. The summed E-state index contributed by atoms with van der Waals surface area (Å²) in [5.74, 6) is 0. The quantitative estimate of drug-likeness (QED) is 0.676. The van der Waals surface area contributed by atoms with Crippen molar-refractivity contribution in [1.82, 2.24) is 0 Å². The van der Waals surface area contributed by atoms with Crippen LogP contribution in [0.2, 0.25) is 0 Å². The molecule has 0 atom stereocenters. The molecule has 0 aliphatic rings. The van der Waals surface area contributed by atoms with Crippen LogP contribution in [-0.2, 0) is 32.7 Å². The van der Waals surface area contributed by atoms with Crippen molar-refractivity contribution in [2.75, 3.05) is 0 Å². The summed E-state index contributed by atoms with van der Waals surface area (Å²) < 4.78 is 0. The molecule has 0 bridgehead atoms. The summed E-state index contributed by atoms with van der Waals surface area (Å²) in [6.45, 7) is 9.60. The predicted octanol–water partition coefficient (Wildman–Crippen LogP) is 2.66. The van der Waals surface area contributed by atoms with E-state index in [-0.39, 0.29) is 32.7 Å². The third-order valence-electron chi connectivity index (χ3n) is 1.52. The molecular weight excluding hydrogens is 211 g/mol. The standard InChI is InChI=1S/C9H13N.Y/c1-4-8(3)9(5-2)6-7-10;/h2-6H2,1H3;/q-2;/b9-8-;. The SMILES string of the molecule is [CH2-]C/C(CC#N)=C(\[CH2-])CC.[Y]. The van der Waals surface area contributed by atoms with Crippen molar-refractivity contribution in [2.45, 2.75) is 26.2 Å². The number of hydrogen-bond donors (Lipinski definition) is 0. The van der Waals surface area contributed by atoms with Crippen LogP contribution in [-0.4, -0.2) is 0 Å². The van der Waals surface area contributed by atoms with E-state index in [0.717, 1.165) is 17.6 Å². The van der Waals surface area contributed by atoms with E-state index in [9.17, 15) is 0 Å². The Labute approximate surface area is 94.7 Å². The Hall–Kier alpha value is 0.204. The monoisotopic (exact) mass is 224 g/mol. The normalized spacial score (nSPS) is 11.0. The molecule has 0 aromatic heterocycles. The summed E-state index contributed by atoms with van der Waals surface area (Å²) in [7, 11) is 0. The molecule has 0 unspecified atom stereocenters. The van der Waals surface area contributed by atoms with E-state index in [2.05, 4.69) is 19.9 Å². The molecule has 0 aliphatic heterocycles. The molecule has 0 saturated heterocycles. The van der Waals surface area contributed by atoms with Gasteiger partial charge in [0.15, 0.2) is 0 Å². The Bertz CT molecular complexity index is 165. The van der Waals surface area contributed by atoms with Crippen LogP contribution in [0.3, 0.4) is 0 Å². The Kier molecular flexibility index (Phi) is 10.4. The summed E-state index contributed by atoms with van der Waals surface area (Å²) in [4.78, 5) is 0. The van der Waals surface area contributed by atoms with Gasteiger partial charge in [0, 0.05) is 38.8 Å². The maximum atomic E-state index is 8.37. The van der Waals surface area contributed by atoms with Crippen LogP contribution in [0.1, 0.15) is 26.2 Å². The molecule has 11 heavy (non-hydrogen) atoms. The fraction of sp³-hybridized carbons (Fsp3) is 0.444. The molecule has 0 fully saturated rings. The first kappa shape index (κ1) is 13.8. The minimum Gasteiger partial charge on any atom is -0.356 e. The van der Waals surface area contributed by atoms with Crippen molar-refractivity contribution >= 4 is 0 Å². The van der Waals surface area contributed by atoms with Gasteiger partial charge in [0.25, 0.3) is 0 Å². The zero-order chi connectivity index (χ0) is 7.98. The Morgan fingerprint density at radius 3 is 2.36 bits per heavy atom. The summed E-state index contributed by atoms with van der Waals surface area (Å²) >= 11 is 0. The molecule has 0 aliphatic carbocycles. The van der Waals surface area contributed by atoms with E-state index < -0.39 is 0 Å². The van der Waals surface area contributed by atoms with Crippen molar-refractivity contribution in [3.63, 3.8) is 0 Å². The molecule has 0 saturated carbocycles. The number of nitrogens with zero attached hydrogens (tertiary/aromatic N) is 1. The second kappa shape index (κ2) is 8.30. The van der Waals surface area contributed by atoms with E-state index in [0.29, 0.717) is 12.8 Å². The first-order valence-corrected chi connectivity index (χ1v) is 3.45. The van der Waals surface area contributed by atoms with Gasteiger partial charge in [-0.1, -0.05) is 13.3 Å². The molecule has 59 valence electrons. The largest absolute Gasteiger partial charge is 0.356 e. The topological polar surface area (TPSA) is 23.8 Å². The van der Waals surface area contributed by atoms with Crippen molar-refractivity contribution in [3.8, 4) is 6.07 Å². The fourth-order valence-corrected chi connectivity index (χ4v) is 0.736. The molecule has 1 radical (unpaired) electrons. The molecule has 0 aromatic rings. The fourth-order valence-electron chi connectivity index (χ4n) is 0.736. The van der Waals surface area contributed by atoms with Crippen molar-refractivity contribution < 1.29 is 32.7 Å². The third-order valence-corrected chi connectivity index (χ3v) is 1.52.